The fourth-order valence-electron chi connectivity index (χ4n) is 1.23. The van der Waals surface area contributed by atoms with Gasteiger partial charge in [-0.25, -0.2) is 9.78 Å². The Kier molecular flexibility index (Phi) is 3.01. The Balaban J connectivity index is 2.50. The zero-order valence-electron chi connectivity index (χ0n) is 8.82. The lowest BCUT2D eigenvalue weighted by Crippen LogP contribution is -2.09. The van der Waals surface area contributed by atoms with Gasteiger partial charge in [-0.2, -0.15) is 17.9 Å². The van der Waals surface area contributed by atoms with E-state index in [4.69, 9.17) is 4.42 Å². The maximum atomic E-state index is 12.5. The number of aryl methyl sites for hydroxylation is 1. The zero-order chi connectivity index (χ0) is 13.5. The summed E-state index contributed by atoms with van der Waals surface area (Å²) < 4.78 is 42.8. The van der Waals surface area contributed by atoms with Gasteiger partial charge in [0.2, 0.25) is 0 Å². The molecular weight excluding hydrogens is 319 g/mol. The summed E-state index contributed by atoms with van der Waals surface area (Å²) in [5.41, 5.74) is -0.878. The number of alkyl halides is 3. The van der Waals surface area contributed by atoms with Crippen LogP contribution in [0.4, 0.5) is 13.2 Å². The van der Waals surface area contributed by atoms with Crippen molar-refractivity contribution in [2.24, 2.45) is 7.05 Å². The second-order valence-corrected chi connectivity index (χ2v) is 4.20. The van der Waals surface area contributed by atoms with Gasteiger partial charge in [-0.05, 0) is 22.0 Å². The Morgan fingerprint density at radius 3 is 2.56 bits per heavy atom. The molecule has 0 N–H and O–H groups in total. The normalized spacial score (nSPS) is 11.8. The van der Waals surface area contributed by atoms with Gasteiger partial charge in [-0.3, -0.25) is 0 Å². The summed E-state index contributed by atoms with van der Waals surface area (Å²) >= 11 is 2.77. The van der Waals surface area contributed by atoms with Crippen molar-refractivity contribution in [2.75, 3.05) is 0 Å². The van der Waals surface area contributed by atoms with E-state index in [0.29, 0.717) is 0 Å². The standard InChI is InChI=1S/C9H5BrF3N3O2/c1-16-8(17)18-7(15-16)4-2-5(10)6(14-3-4)9(11,12)13/h2-3H,1H3. The Morgan fingerprint density at radius 1 is 1.44 bits per heavy atom. The Hall–Kier alpha value is -1.64. The minimum Gasteiger partial charge on any atom is -0.388 e. The summed E-state index contributed by atoms with van der Waals surface area (Å²) in [6, 6.07) is 1.14. The van der Waals surface area contributed by atoms with Gasteiger partial charge in [-0.15, -0.1) is 5.10 Å². The SMILES string of the molecule is Cn1nc(-c2cnc(C(F)(F)F)c(Br)c2)oc1=O. The van der Waals surface area contributed by atoms with Gasteiger partial charge in [0, 0.05) is 17.7 Å². The van der Waals surface area contributed by atoms with Crippen LogP contribution in [0.3, 0.4) is 0 Å². The minimum atomic E-state index is -4.55. The first-order valence-corrected chi connectivity index (χ1v) is 5.35. The Labute approximate surface area is 106 Å². The summed E-state index contributed by atoms with van der Waals surface area (Å²) in [4.78, 5) is 14.3. The van der Waals surface area contributed by atoms with Crippen LogP contribution in [0, 0.1) is 0 Å². The zero-order valence-corrected chi connectivity index (χ0v) is 10.4. The molecule has 0 amide bonds. The van der Waals surface area contributed by atoms with Crippen molar-refractivity contribution in [1.29, 1.82) is 0 Å². The third-order valence-corrected chi connectivity index (χ3v) is 2.65. The summed E-state index contributed by atoms with van der Waals surface area (Å²) in [6.45, 7) is 0. The number of halogens is 4. The van der Waals surface area contributed by atoms with E-state index < -0.39 is 17.6 Å². The first kappa shape index (κ1) is 12.8. The summed E-state index contributed by atoms with van der Waals surface area (Å²) in [5, 5.41) is 3.71. The van der Waals surface area contributed by atoms with Crippen LogP contribution in [0.1, 0.15) is 5.69 Å². The maximum absolute atomic E-state index is 12.5. The fraction of sp³-hybridized carbons (Fsp3) is 0.222. The molecule has 2 heterocycles. The fourth-order valence-corrected chi connectivity index (χ4v) is 1.80. The van der Waals surface area contributed by atoms with Crippen molar-refractivity contribution >= 4 is 15.9 Å². The second kappa shape index (κ2) is 4.23. The highest BCUT2D eigenvalue weighted by Crippen LogP contribution is 2.34. The van der Waals surface area contributed by atoms with E-state index >= 15 is 0 Å². The molecule has 0 radical (unpaired) electrons. The Bertz CT molecular complexity index is 647. The number of nitrogens with zero attached hydrogens (tertiary/aromatic N) is 3. The molecule has 0 fully saturated rings. The molecule has 0 atom stereocenters. The highest BCUT2D eigenvalue weighted by atomic mass is 79.9. The molecule has 18 heavy (non-hydrogen) atoms. The molecule has 0 aliphatic carbocycles. The van der Waals surface area contributed by atoms with E-state index in [1.54, 1.807) is 0 Å². The van der Waals surface area contributed by atoms with Gasteiger partial charge in [-0.1, -0.05) is 0 Å². The van der Waals surface area contributed by atoms with Gasteiger partial charge in [0.25, 0.3) is 5.89 Å². The number of hydrogen-bond donors (Lipinski definition) is 0. The molecule has 0 aliphatic rings. The number of aromatic nitrogens is 3. The summed E-state index contributed by atoms with van der Waals surface area (Å²) in [6.07, 6.45) is -3.61. The summed E-state index contributed by atoms with van der Waals surface area (Å²) in [7, 11) is 1.36. The van der Waals surface area contributed by atoms with Crippen molar-refractivity contribution in [3.63, 3.8) is 0 Å². The molecule has 0 bridgehead atoms. The molecule has 2 aromatic rings. The van der Waals surface area contributed by atoms with Crippen LogP contribution in [0.5, 0.6) is 0 Å². The van der Waals surface area contributed by atoms with E-state index in [0.717, 1.165) is 16.9 Å². The Morgan fingerprint density at radius 2 is 2.11 bits per heavy atom. The van der Waals surface area contributed by atoms with Crippen LogP contribution in [0.15, 0.2) is 25.9 Å². The topological polar surface area (TPSA) is 60.9 Å². The minimum absolute atomic E-state index is 0.0931. The largest absolute Gasteiger partial charge is 0.437 e. The van der Waals surface area contributed by atoms with E-state index in [1.807, 2.05) is 0 Å². The number of rotatable bonds is 1. The van der Waals surface area contributed by atoms with Gasteiger partial charge < -0.3 is 4.42 Å². The van der Waals surface area contributed by atoms with E-state index in [-0.39, 0.29) is 15.9 Å². The number of hydrogen-bond acceptors (Lipinski definition) is 4. The van der Waals surface area contributed by atoms with Crippen LogP contribution >= 0.6 is 15.9 Å². The highest BCUT2D eigenvalue weighted by Gasteiger charge is 2.35. The summed E-state index contributed by atoms with van der Waals surface area (Å²) in [5.74, 6) is -0.801. The molecule has 0 aromatic carbocycles. The molecular formula is C9H5BrF3N3O2. The van der Waals surface area contributed by atoms with Gasteiger partial charge >= 0.3 is 11.9 Å². The predicted octanol–water partition coefficient (Wildman–Crippen LogP) is 2.22. The van der Waals surface area contributed by atoms with Crippen molar-refractivity contribution in [3.8, 4) is 11.5 Å². The molecule has 2 rings (SSSR count). The van der Waals surface area contributed by atoms with Crippen LogP contribution in [0.2, 0.25) is 0 Å². The monoisotopic (exact) mass is 323 g/mol. The van der Waals surface area contributed by atoms with Crippen LogP contribution < -0.4 is 5.76 Å². The van der Waals surface area contributed by atoms with Gasteiger partial charge in [0.1, 0.15) is 0 Å². The maximum Gasteiger partial charge on any atom is 0.437 e. The average molecular weight is 324 g/mol. The van der Waals surface area contributed by atoms with Gasteiger partial charge in [0.15, 0.2) is 5.69 Å². The molecule has 0 saturated carbocycles. The van der Waals surface area contributed by atoms with Crippen LogP contribution in [-0.4, -0.2) is 14.8 Å². The van der Waals surface area contributed by atoms with E-state index in [1.165, 1.54) is 7.05 Å². The molecule has 0 saturated heterocycles. The lowest BCUT2D eigenvalue weighted by atomic mass is 10.2. The average Bonchev–Trinajstić information content (AvgIpc) is 2.57. The second-order valence-electron chi connectivity index (χ2n) is 3.35. The van der Waals surface area contributed by atoms with Crippen LogP contribution in [0.25, 0.3) is 11.5 Å². The van der Waals surface area contributed by atoms with E-state index in [2.05, 4.69) is 26.0 Å². The van der Waals surface area contributed by atoms with Crippen molar-refractivity contribution < 1.29 is 17.6 Å². The molecule has 5 nitrogen and oxygen atoms in total. The van der Waals surface area contributed by atoms with Crippen molar-refractivity contribution in [2.45, 2.75) is 6.18 Å². The molecule has 96 valence electrons. The smallest absolute Gasteiger partial charge is 0.388 e. The molecule has 0 unspecified atom stereocenters. The van der Waals surface area contributed by atoms with E-state index in [9.17, 15) is 18.0 Å². The molecule has 9 heteroatoms. The lowest BCUT2D eigenvalue weighted by Gasteiger charge is -2.07. The predicted molar refractivity (Wildman–Crippen MR) is 57.7 cm³/mol. The third-order valence-electron chi connectivity index (χ3n) is 2.05. The van der Waals surface area contributed by atoms with Crippen LogP contribution in [-0.2, 0) is 13.2 Å². The molecule has 2 aromatic heterocycles. The van der Waals surface area contributed by atoms with Gasteiger partial charge in [0.05, 0.1) is 5.56 Å². The quantitative estimate of drug-likeness (QED) is 0.807. The first-order valence-electron chi connectivity index (χ1n) is 4.56. The third kappa shape index (κ3) is 2.30. The molecule has 0 aliphatic heterocycles. The van der Waals surface area contributed by atoms with Crippen molar-refractivity contribution in [3.05, 3.63) is 33.0 Å². The highest BCUT2D eigenvalue weighted by molar-refractivity contribution is 9.10. The van der Waals surface area contributed by atoms with Crippen molar-refractivity contribution in [1.82, 2.24) is 14.8 Å². The first-order chi connectivity index (χ1) is 8.29. The number of pyridine rings is 1. The molecule has 0 spiro atoms. The lowest BCUT2D eigenvalue weighted by molar-refractivity contribution is -0.141.